The molecule has 6 nitrogen and oxygen atoms in total. The Labute approximate surface area is 198 Å². The Bertz CT molecular complexity index is 1130. The molecule has 0 saturated heterocycles. The van der Waals surface area contributed by atoms with Crippen LogP contribution in [0.4, 0.5) is 0 Å². The van der Waals surface area contributed by atoms with Crippen molar-refractivity contribution in [3.63, 3.8) is 0 Å². The molecule has 3 aromatic carbocycles. The summed E-state index contributed by atoms with van der Waals surface area (Å²) in [6.45, 7) is 0.800. The molecule has 0 radical (unpaired) electrons. The van der Waals surface area contributed by atoms with Crippen LogP contribution in [0.3, 0.4) is 0 Å². The molecule has 33 heavy (non-hydrogen) atoms. The van der Waals surface area contributed by atoms with Gasteiger partial charge >= 0.3 is 0 Å². The molecule has 0 saturated carbocycles. The molecule has 0 bridgehead atoms. The van der Waals surface area contributed by atoms with Gasteiger partial charge in [-0.15, -0.1) is 0 Å². The summed E-state index contributed by atoms with van der Waals surface area (Å²) in [5, 5.41) is 0.426. The molecule has 0 unspecified atom stereocenters. The summed E-state index contributed by atoms with van der Waals surface area (Å²) < 4.78 is 22.4. The van der Waals surface area contributed by atoms with Crippen LogP contribution in [0.1, 0.15) is 27.5 Å². The first-order valence-corrected chi connectivity index (χ1v) is 11.0. The monoisotopic (exact) mass is 467 g/mol. The summed E-state index contributed by atoms with van der Waals surface area (Å²) in [4.78, 5) is 15.3. The van der Waals surface area contributed by atoms with Crippen molar-refractivity contribution >= 4 is 17.5 Å². The predicted octanol–water partition coefficient (Wildman–Crippen LogP) is 5.18. The zero-order chi connectivity index (χ0) is 23.4. The Hall–Kier alpha value is -3.38. The molecule has 1 heterocycles. The summed E-state index contributed by atoms with van der Waals surface area (Å²) >= 11 is 6.35. The number of hydrogen-bond donors (Lipinski definition) is 0. The average molecular weight is 468 g/mol. The summed E-state index contributed by atoms with van der Waals surface area (Å²) in [6, 6.07) is 18.0. The van der Waals surface area contributed by atoms with E-state index < -0.39 is 0 Å². The standard InChI is InChI=1S/C26H26ClNO5/c1-30-18-8-10-19(11-9-18)33-16-23-21-15-25(32-3)24(31-2)14-17(21)12-13-28(23)26(29)20-6-4-5-7-22(20)27/h4-11,14-15,23H,12-13,16H2,1-3H3/t23-/m1/s1. The Kier molecular flexibility index (Phi) is 6.94. The molecule has 0 spiro atoms. The lowest BCUT2D eigenvalue weighted by Gasteiger charge is -2.37. The number of hydrogen-bond acceptors (Lipinski definition) is 5. The third kappa shape index (κ3) is 4.71. The lowest BCUT2D eigenvalue weighted by atomic mass is 9.91. The summed E-state index contributed by atoms with van der Waals surface area (Å²) in [7, 11) is 4.84. The second-order valence-electron chi connectivity index (χ2n) is 7.64. The molecule has 1 atom stereocenters. The van der Waals surface area contributed by atoms with Crippen molar-refractivity contribution in [2.75, 3.05) is 34.5 Å². The van der Waals surface area contributed by atoms with Crippen LogP contribution in [-0.2, 0) is 6.42 Å². The first kappa shape index (κ1) is 22.8. The van der Waals surface area contributed by atoms with E-state index >= 15 is 0 Å². The Morgan fingerprint density at radius 2 is 1.61 bits per heavy atom. The van der Waals surface area contributed by atoms with Crippen LogP contribution in [0, 0.1) is 0 Å². The number of carbonyl (C=O) groups is 1. The maximum Gasteiger partial charge on any atom is 0.256 e. The van der Waals surface area contributed by atoms with Crippen molar-refractivity contribution in [2.24, 2.45) is 0 Å². The molecular weight excluding hydrogens is 442 g/mol. The van der Waals surface area contributed by atoms with Crippen molar-refractivity contribution in [3.8, 4) is 23.0 Å². The topological polar surface area (TPSA) is 57.2 Å². The normalized spacial score (nSPS) is 14.9. The minimum Gasteiger partial charge on any atom is -0.497 e. The number of methoxy groups -OCH3 is 3. The van der Waals surface area contributed by atoms with E-state index in [2.05, 4.69) is 0 Å². The average Bonchev–Trinajstić information content (AvgIpc) is 2.86. The van der Waals surface area contributed by atoms with Gasteiger partial charge < -0.3 is 23.8 Å². The third-order valence-corrected chi connectivity index (χ3v) is 6.16. The van der Waals surface area contributed by atoms with Gasteiger partial charge in [-0.25, -0.2) is 0 Å². The van der Waals surface area contributed by atoms with Crippen LogP contribution in [-0.4, -0.2) is 45.3 Å². The van der Waals surface area contributed by atoms with Gasteiger partial charge in [0.2, 0.25) is 0 Å². The number of carbonyl (C=O) groups excluding carboxylic acids is 1. The van der Waals surface area contributed by atoms with Crippen LogP contribution < -0.4 is 18.9 Å². The number of benzene rings is 3. The molecule has 172 valence electrons. The molecule has 1 aliphatic heterocycles. The van der Waals surface area contributed by atoms with Crippen molar-refractivity contribution in [2.45, 2.75) is 12.5 Å². The first-order valence-electron chi connectivity index (χ1n) is 10.6. The van der Waals surface area contributed by atoms with Crippen molar-refractivity contribution in [1.82, 2.24) is 4.90 Å². The van der Waals surface area contributed by atoms with Gasteiger partial charge in [0, 0.05) is 6.54 Å². The summed E-state index contributed by atoms with van der Waals surface area (Å²) in [6.07, 6.45) is 0.685. The maximum atomic E-state index is 13.5. The fourth-order valence-electron chi connectivity index (χ4n) is 4.09. The second-order valence-corrected chi connectivity index (χ2v) is 8.04. The van der Waals surface area contributed by atoms with Crippen LogP contribution in [0.5, 0.6) is 23.0 Å². The highest BCUT2D eigenvalue weighted by Gasteiger charge is 2.34. The van der Waals surface area contributed by atoms with Crippen molar-refractivity contribution in [3.05, 3.63) is 82.4 Å². The highest BCUT2D eigenvalue weighted by molar-refractivity contribution is 6.33. The molecule has 1 amide bonds. The maximum absolute atomic E-state index is 13.5. The number of fused-ring (bicyclic) bond motifs is 1. The molecule has 7 heteroatoms. The Morgan fingerprint density at radius 1 is 0.939 bits per heavy atom. The molecule has 3 aromatic rings. The number of rotatable bonds is 7. The molecule has 0 fully saturated rings. The van der Waals surface area contributed by atoms with E-state index in [0.29, 0.717) is 40.8 Å². The molecule has 0 aliphatic carbocycles. The smallest absolute Gasteiger partial charge is 0.256 e. The van der Waals surface area contributed by atoms with E-state index in [1.165, 1.54) is 0 Å². The van der Waals surface area contributed by atoms with Crippen LogP contribution in [0.2, 0.25) is 5.02 Å². The third-order valence-electron chi connectivity index (χ3n) is 5.84. The van der Waals surface area contributed by atoms with Gasteiger partial charge in [-0.05, 0) is 66.1 Å². The summed E-state index contributed by atoms with van der Waals surface area (Å²) in [5.41, 5.74) is 2.53. The highest BCUT2D eigenvalue weighted by atomic mass is 35.5. The fourth-order valence-corrected chi connectivity index (χ4v) is 4.30. The van der Waals surface area contributed by atoms with E-state index in [4.69, 9.17) is 30.5 Å². The van der Waals surface area contributed by atoms with E-state index in [1.54, 1.807) is 33.5 Å². The fraction of sp³-hybridized carbons (Fsp3) is 0.269. The summed E-state index contributed by atoms with van der Waals surface area (Å²) in [5.74, 6) is 2.57. The second kappa shape index (κ2) is 10.0. The molecule has 0 aromatic heterocycles. The lowest BCUT2D eigenvalue weighted by Crippen LogP contribution is -2.42. The van der Waals surface area contributed by atoms with Crippen LogP contribution in [0.25, 0.3) is 0 Å². The molecule has 1 aliphatic rings. The van der Waals surface area contributed by atoms with E-state index in [9.17, 15) is 4.79 Å². The van der Waals surface area contributed by atoms with Gasteiger partial charge in [-0.3, -0.25) is 4.79 Å². The number of ether oxygens (including phenoxy) is 4. The SMILES string of the molecule is COc1ccc(OC[C@@H]2c3cc(OC)c(OC)cc3CCN2C(=O)c2ccccc2Cl)cc1. The number of amides is 1. The van der Waals surface area contributed by atoms with Crippen molar-refractivity contribution in [1.29, 1.82) is 0 Å². The number of nitrogens with zero attached hydrogens (tertiary/aromatic N) is 1. The van der Waals surface area contributed by atoms with E-state index in [-0.39, 0.29) is 18.6 Å². The molecular formula is C26H26ClNO5. The van der Waals surface area contributed by atoms with Gasteiger partial charge in [0.15, 0.2) is 11.5 Å². The predicted molar refractivity (Wildman–Crippen MR) is 127 cm³/mol. The highest BCUT2D eigenvalue weighted by Crippen LogP contribution is 2.39. The van der Waals surface area contributed by atoms with Gasteiger partial charge in [0.25, 0.3) is 5.91 Å². The van der Waals surface area contributed by atoms with Crippen molar-refractivity contribution < 1.29 is 23.7 Å². The molecule has 0 N–H and O–H groups in total. The van der Waals surface area contributed by atoms with Gasteiger partial charge in [0.05, 0.1) is 38.0 Å². The largest absolute Gasteiger partial charge is 0.497 e. The zero-order valence-electron chi connectivity index (χ0n) is 18.8. The van der Waals surface area contributed by atoms with Crippen LogP contribution in [0.15, 0.2) is 60.7 Å². The van der Waals surface area contributed by atoms with Gasteiger partial charge in [-0.1, -0.05) is 23.7 Å². The number of halogens is 1. The Balaban J connectivity index is 1.70. The quantitative estimate of drug-likeness (QED) is 0.479. The molecule has 4 rings (SSSR count). The first-order chi connectivity index (χ1) is 16.0. The van der Waals surface area contributed by atoms with Gasteiger partial charge in [0.1, 0.15) is 18.1 Å². The van der Waals surface area contributed by atoms with E-state index in [1.807, 2.05) is 53.4 Å². The van der Waals surface area contributed by atoms with Crippen LogP contribution >= 0.6 is 11.6 Å². The minimum absolute atomic E-state index is 0.135. The van der Waals surface area contributed by atoms with Gasteiger partial charge in [-0.2, -0.15) is 0 Å². The minimum atomic E-state index is -0.334. The Morgan fingerprint density at radius 3 is 2.27 bits per heavy atom. The van der Waals surface area contributed by atoms with E-state index in [0.717, 1.165) is 16.9 Å². The zero-order valence-corrected chi connectivity index (χ0v) is 19.6. The lowest BCUT2D eigenvalue weighted by molar-refractivity contribution is 0.0589.